The first-order valence-electron chi connectivity index (χ1n) is 2.20. The van der Waals surface area contributed by atoms with E-state index >= 15 is 0 Å². The van der Waals surface area contributed by atoms with Gasteiger partial charge in [-0.1, -0.05) is 0 Å². The van der Waals surface area contributed by atoms with Crippen molar-refractivity contribution in [3.8, 4) is 0 Å². The van der Waals surface area contributed by atoms with Crippen LogP contribution >= 0.6 is 0 Å². The zero-order valence-corrected chi connectivity index (χ0v) is 4.19. The summed E-state index contributed by atoms with van der Waals surface area (Å²) in [5, 5.41) is 2.52. The molecule has 3 N–H and O–H groups in total. The van der Waals surface area contributed by atoms with Gasteiger partial charge in [0.1, 0.15) is 0 Å². The molecule has 3 nitrogen and oxygen atoms in total. The number of hydrogen-bond acceptors (Lipinski definition) is 2. The molecule has 1 heterocycles. The van der Waals surface area contributed by atoms with Gasteiger partial charge in [-0.05, 0) is 6.92 Å². The lowest BCUT2D eigenvalue weighted by Gasteiger charge is -2.34. The lowest BCUT2D eigenvalue weighted by atomic mass is 10.0. The molecular formula is C4H8N2O. The Morgan fingerprint density at radius 1 is 2.00 bits per heavy atom. The second-order valence-corrected chi connectivity index (χ2v) is 2.14. The van der Waals surface area contributed by atoms with E-state index in [0.717, 1.165) is 0 Å². The molecule has 7 heavy (non-hydrogen) atoms. The molecular weight excluding hydrogens is 92.1 g/mol. The fourth-order valence-corrected chi connectivity index (χ4v) is 0.634. The van der Waals surface area contributed by atoms with Crippen LogP contribution in [0.3, 0.4) is 0 Å². The van der Waals surface area contributed by atoms with Crippen LogP contribution in [0.2, 0.25) is 0 Å². The Bertz CT molecular complexity index is 98.3. The third-order valence-corrected chi connectivity index (χ3v) is 0.953. The quantitative estimate of drug-likeness (QED) is 0.391. The summed E-state index contributed by atoms with van der Waals surface area (Å²) >= 11 is 0. The van der Waals surface area contributed by atoms with Gasteiger partial charge in [0.15, 0.2) is 0 Å². The van der Waals surface area contributed by atoms with Gasteiger partial charge in [0.25, 0.3) is 0 Å². The summed E-state index contributed by atoms with van der Waals surface area (Å²) in [7, 11) is 0. The van der Waals surface area contributed by atoms with Crippen LogP contribution in [0.4, 0.5) is 0 Å². The summed E-state index contributed by atoms with van der Waals surface area (Å²) in [4.78, 5) is 10.1. The summed E-state index contributed by atoms with van der Waals surface area (Å²) in [6.45, 7) is 1.79. The van der Waals surface area contributed by atoms with Crippen molar-refractivity contribution < 1.29 is 4.79 Å². The van der Waals surface area contributed by atoms with E-state index in [1.807, 2.05) is 0 Å². The Morgan fingerprint density at radius 3 is 2.43 bits per heavy atom. The maximum atomic E-state index is 10.1. The highest BCUT2D eigenvalue weighted by atomic mass is 16.2. The number of amides is 1. The normalized spacial score (nSPS) is 39.4. The van der Waals surface area contributed by atoms with Crippen LogP contribution in [0, 0.1) is 0 Å². The van der Waals surface area contributed by atoms with E-state index < -0.39 is 5.66 Å². The van der Waals surface area contributed by atoms with Crippen LogP contribution in [0.5, 0.6) is 0 Å². The molecule has 1 unspecified atom stereocenters. The highest BCUT2D eigenvalue weighted by Crippen LogP contribution is 2.09. The Kier molecular flexibility index (Phi) is 0.642. The van der Waals surface area contributed by atoms with Gasteiger partial charge in [0.2, 0.25) is 5.91 Å². The molecule has 0 aromatic carbocycles. The fraction of sp³-hybridized carbons (Fsp3) is 0.750. The first kappa shape index (κ1) is 4.59. The topological polar surface area (TPSA) is 55.1 Å². The predicted molar refractivity (Wildman–Crippen MR) is 25.4 cm³/mol. The predicted octanol–water partition coefficient (Wildman–Crippen LogP) is -0.819. The van der Waals surface area contributed by atoms with Gasteiger partial charge in [-0.25, -0.2) is 0 Å². The van der Waals surface area contributed by atoms with Crippen molar-refractivity contribution in [2.45, 2.75) is 19.0 Å². The van der Waals surface area contributed by atoms with Crippen LogP contribution < -0.4 is 11.1 Å². The van der Waals surface area contributed by atoms with Gasteiger partial charge in [-0.3, -0.25) is 4.79 Å². The van der Waals surface area contributed by atoms with Crippen molar-refractivity contribution in [3.63, 3.8) is 0 Å². The minimum absolute atomic E-state index is 0.0463. The molecule has 0 bridgehead atoms. The molecule has 1 atom stereocenters. The van der Waals surface area contributed by atoms with Crippen molar-refractivity contribution >= 4 is 5.91 Å². The van der Waals surface area contributed by atoms with Crippen LogP contribution in [0.25, 0.3) is 0 Å². The molecule has 1 aliphatic rings. The first-order chi connectivity index (χ1) is 3.10. The molecule has 1 rings (SSSR count). The molecule has 1 saturated heterocycles. The Hall–Kier alpha value is -0.570. The van der Waals surface area contributed by atoms with E-state index in [0.29, 0.717) is 6.42 Å². The highest BCUT2D eigenvalue weighted by Gasteiger charge is 2.33. The van der Waals surface area contributed by atoms with Gasteiger partial charge in [0, 0.05) is 0 Å². The van der Waals surface area contributed by atoms with Gasteiger partial charge < -0.3 is 11.1 Å². The largest absolute Gasteiger partial charge is 0.338 e. The van der Waals surface area contributed by atoms with Crippen molar-refractivity contribution in [3.05, 3.63) is 0 Å². The molecule has 1 fully saturated rings. The second-order valence-electron chi connectivity index (χ2n) is 2.14. The first-order valence-corrected chi connectivity index (χ1v) is 2.20. The number of carbonyl (C=O) groups is 1. The summed E-state index contributed by atoms with van der Waals surface area (Å²) < 4.78 is 0. The zero-order chi connectivity index (χ0) is 5.49. The van der Waals surface area contributed by atoms with Gasteiger partial charge in [-0.15, -0.1) is 0 Å². The minimum Gasteiger partial charge on any atom is -0.338 e. The third kappa shape index (κ3) is 0.718. The maximum Gasteiger partial charge on any atom is 0.225 e. The third-order valence-electron chi connectivity index (χ3n) is 0.953. The molecule has 40 valence electrons. The lowest BCUT2D eigenvalue weighted by molar-refractivity contribution is -0.131. The van der Waals surface area contributed by atoms with Crippen molar-refractivity contribution in [1.82, 2.24) is 5.32 Å². The molecule has 0 aromatic rings. The molecule has 0 aromatic heterocycles. The second kappa shape index (κ2) is 0.980. The van der Waals surface area contributed by atoms with Crippen LogP contribution in [-0.4, -0.2) is 11.6 Å². The molecule has 0 spiro atoms. The van der Waals surface area contributed by atoms with Crippen LogP contribution in [0.15, 0.2) is 0 Å². The van der Waals surface area contributed by atoms with E-state index in [-0.39, 0.29) is 5.91 Å². The highest BCUT2D eigenvalue weighted by molar-refractivity contribution is 5.84. The Balaban J connectivity index is 2.43. The lowest BCUT2D eigenvalue weighted by Crippen LogP contribution is -2.64. The van der Waals surface area contributed by atoms with Gasteiger partial charge in [-0.2, -0.15) is 0 Å². The maximum absolute atomic E-state index is 10.1. The fourth-order valence-electron chi connectivity index (χ4n) is 0.634. The molecule has 1 amide bonds. The summed E-state index contributed by atoms with van der Waals surface area (Å²) in [5.41, 5.74) is 4.97. The summed E-state index contributed by atoms with van der Waals surface area (Å²) in [5.74, 6) is 0.0463. The minimum atomic E-state index is -0.406. The zero-order valence-electron chi connectivity index (χ0n) is 4.19. The Morgan fingerprint density at radius 2 is 2.43 bits per heavy atom. The van der Waals surface area contributed by atoms with Crippen molar-refractivity contribution in [2.24, 2.45) is 5.73 Å². The van der Waals surface area contributed by atoms with E-state index in [2.05, 4.69) is 5.32 Å². The molecule has 0 saturated carbocycles. The number of hydrogen-bond donors (Lipinski definition) is 2. The number of rotatable bonds is 0. The number of β-lactam (4-membered cyclic amide) rings is 1. The molecule has 3 heteroatoms. The van der Waals surface area contributed by atoms with E-state index in [1.165, 1.54) is 0 Å². The molecule has 0 aliphatic carbocycles. The van der Waals surface area contributed by atoms with Crippen LogP contribution in [-0.2, 0) is 4.79 Å². The standard InChI is InChI=1S/C4H8N2O/c1-4(5)2-3(7)6-4/h2,5H2,1H3,(H,6,7). The number of nitrogens with two attached hydrogens (primary N) is 1. The Labute approximate surface area is 41.9 Å². The number of nitrogens with one attached hydrogen (secondary N) is 1. The van der Waals surface area contributed by atoms with Crippen molar-refractivity contribution in [1.29, 1.82) is 0 Å². The van der Waals surface area contributed by atoms with Crippen LogP contribution in [0.1, 0.15) is 13.3 Å². The van der Waals surface area contributed by atoms with Gasteiger partial charge >= 0.3 is 0 Å². The van der Waals surface area contributed by atoms with Crippen molar-refractivity contribution in [2.75, 3.05) is 0 Å². The van der Waals surface area contributed by atoms with Gasteiger partial charge in [0.05, 0.1) is 12.1 Å². The SMILES string of the molecule is CC1(N)CC(=O)N1. The number of carbonyl (C=O) groups excluding carboxylic acids is 1. The smallest absolute Gasteiger partial charge is 0.225 e. The average Bonchev–Trinajstić information content (AvgIpc) is 1.27. The van der Waals surface area contributed by atoms with E-state index in [4.69, 9.17) is 5.73 Å². The monoisotopic (exact) mass is 100 g/mol. The molecule has 0 radical (unpaired) electrons. The summed E-state index contributed by atoms with van der Waals surface area (Å²) in [6.07, 6.45) is 0.465. The summed E-state index contributed by atoms with van der Waals surface area (Å²) in [6, 6.07) is 0. The van der Waals surface area contributed by atoms with E-state index in [1.54, 1.807) is 6.92 Å². The average molecular weight is 100 g/mol. The molecule has 1 aliphatic heterocycles. The van der Waals surface area contributed by atoms with E-state index in [9.17, 15) is 4.79 Å².